The second kappa shape index (κ2) is 2.78. The highest BCUT2D eigenvalue weighted by molar-refractivity contribution is 4.94. The largest absolute Gasteiger partial charge is 0.303 e. The quantitative estimate of drug-likeness (QED) is 0.558. The van der Waals surface area contributed by atoms with E-state index in [9.17, 15) is 0 Å². The lowest BCUT2D eigenvalue weighted by molar-refractivity contribution is -0.00581. The van der Waals surface area contributed by atoms with Gasteiger partial charge >= 0.3 is 0 Å². The third-order valence-corrected chi connectivity index (χ3v) is 3.84. The van der Waals surface area contributed by atoms with E-state index >= 15 is 0 Å². The molecule has 1 aliphatic heterocycles. The van der Waals surface area contributed by atoms with Gasteiger partial charge in [0.1, 0.15) is 0 Å². The summed E-state index contributed by atoms with van der Waals surface area (Å²) in [6.45, 7) is 3.70. The summed E-state index contributed by atoms with van der Waals surface area (Å²) < 4.78 is 0. The van der Waals surface area contributed by atoms with Crippen LogP contribution in [-0.4, -0.2) is 24.5 Å². The van der Waals surface area contributed by atoms with Crippen molar-refractivity contribution in [2.24, 2.45) is 11.8 Å². The number of likely N-dealkylation sites (tertiary alicyclic amines) is 1. The maximum Gasteiger partial charge on any atom is 0.0123 e. The molecule has 0 aromatic rings. The Kier molecular flexibility index (Phi) is 1.92. The topological polar surface area (TPSA) is 3.24 Å². The highest BCUT2D eigenvalue weighted by Gasteiger charge is 2.41. The zero-order chi connectivity index (χ0) is 7.84. The van der Waals surface area contributed by atoms with Gasteiger partial charge in [-0.2, -0.15) is 0 Å². The van der Waals surface area contributed by atoms with Crippen molar-refractivity contribution < 1.29 is 0 Å². The first-order valence-corrected chi connectivity index (χ1v) is 5.03. The van der Waals surface area contributed by atoms with Crippen LogP contribution in [0.3, 0.4) is 0 Å². The van der Waals surface area contributed by atoms with E-state index in [1.165, 1.54) is 32.2 Å². The Labute approximate surface area is 69.8 Å². The molecule has 1 saturated carbocycles. The van der Waals surface area contributed by atoms with E-state index in [0.717, 1.165) is 17.9 Å². The second-order valence-corrected chi connectivity index (χ2v) is 4.25. The molecule has 1 heterocycles. The number of piperidine rings is 1. The first kappa shape index (κ1) is 7.60. The van der Waals surface area contributed by atoms with Gasteiger partial charge in [-0.15, -0.1) is 0 Å². The van der Waals surface area contributed by atoms with Crippen LogP contribution in [0.2, 0.25) is 0 Å². The summed E-state index contributed by atoms with van der Waals surface area (Å²) in [5, 5.41) is 0. The minimum atomic E-state index is 0.966. The van der Waals surface area contributed by atoms with Crippen molar-refractivity contribution in [2.45, 2.75) is 38.6 Å². The van der Waals surface area contributed by atoms with E-state index in [1.807, 2.05) is 0 Å². The van der Waals surface area contributed by atoms with Crippen LogP contribution < -0.4 is 0 Å². The first-order valence-electron chi connectivity index (χ1n) is 5.03. The molecule has 0 aromatic carbocycles. The zero-order valence-electron chi connectivity index (χ0n) is 7.71. The van der Waals surface area contributed by atoms with Crippen LogP contribution >= 0.6 is 0 Å². The predicted octanol–water partition coefficient (Wildman–Crippen LogP) is 2.13. The molecular formula is C10H19N. The van der Waals surface area contributed by atoms with Crippen molar-refractivity contribution in [3.63, 3.8) is 0 Å². The minimum Gasteiger partial charge on any atom is -0.303 e. The summed E-state index contributed by atoms with van der Waals surface area (Å²) in [7, 11) is 2.29. The van der Waals surface area contributed by atoms with Gasteiger partial charge in [0, 0.05) is 6.04 Å². The van der Waals surface area contributed by atoms with E-state index in [0.29, 0.717) is 0 Å². The normalized spacial score (nSPS) is 44.7. The lowest BCUT2D eigenvalue weighted by Crippen LogP contribution is -2.52. The Morgan fingerprint density at radius 1 is 1.27 bits per heavy atom. The molecule has 1 aliphatic carbocycles. The predicted molar refractivity (Wildman–Crippen MR) is 47.5 cm³/mol. The number of nitrogens with zero attached hydrogens (tertiary/aromatic N) is 1. The van der Waals surface area contributed by atoms with Crippen LogP contribution in [0.5, 0.6) is 0 Å². The van der Waals surface area contributed by atoms with Gasteiger partial charge in [-0.05, 0) is 44.7 Å². The lowest BCUT2D eigenvalue weighted by atomic mass is 9.66. The van der Waals surface area contributed by atoms with E-state index in [2.05, 4.69) is 18.9 Å². The molecule has 1 nitrogen and oxygen atoms in total. The third kappa shape index (κ3) is 1.10. The van der Waals surface area contributed by atoms with Crippen molar-refractivity contribution in [3.8, 4) is 0 Å². The molecule has 0 radical (unpaired) electrons. The molecule has 2 fully saturated rings. The molecule has 2 aliphatic rings. The lowest BCUT2D eigenvalue weighted by Gasteiger charge is -2.51. The fourth-order valence-electron chi connectivity index (χ4n) is 2.86. The summed E-state index contributed by atoms with van der Waals surface area (Å²) in [5.41, 5.74) is 0. The number of hydrogen-bond donors (Lipinski definition) is 0. The van der Waals surface area contributed by atoms with E-state index in [4.69, 9.17) is 0 Å². The molecule has 1 saturated heterocycles. The molecule has 0 bridgehead atoms. The van der Waals surface area contributed by atoms with Crippen LogP contribution in [0, 0.1) is 11.8 Å². The Morgan fingerprint density at radius 3 is 2.64 bits per heavy atom. The fraction of sp³-hybridized carbons (Fsp3) is 1.00. The van der Waals surface area contributed by atoms with Gasteiger partial charge in [-0.3, -0.25) is 0 Å². The van der Waals surface area contributed by atoms with Gasteiger partial charge in [0.25, 0.3) is 0 Å². The van der Waals surface area contributed by atoms with Gasteiger partial charge < -0.3 is 4.90 Å². The van der Waals surface area contributed by atoms with E-state index in [-0.39, 0.29) is 0 Å². The second-order valence-electron chi connectivity index (χ2n) is 4.25. The Balaban J connectivity index is 1.99. The molecule has 11 heavy (non-hydrogen) atoms. The van der Waals surface area contributed by atoms with Crippen molar-refractivity contribution in [3.05, 3.63) is 0 Å². The molecule has 0 aromatic heterocycles. The standard InChI is InChI=1S/C10H19N/c1-3-8-6-7-11(2)10-5-4-9(8)10/h8-10H,3-7H2,1-2H3. The zero-order valence-corrected chi connectivity index (χ0v) is 7.71. The number of hydrogen-bond acceptors (Lipinski definition) is 1. The van der Waals surface area contributed by atoms with Crippen LogP contribution in [0.25, 0.3) is 0 Å². The molecule has 2 rings (SSSR count). The summed E-state index contributed by atoms with van der Waals surface area (Å²) in [4.78, 5) is 2.57. The summed E-state index contributed by atoms with van der Waals surface area (Å²) in [6, 6.07) is 0.966. The fourth-order valence-corrected chi connectivity index (χ4v) is 2.86. The molecule has 0 amide bonds. The molecule has 3 atom stereocenters. The van der Waals surface area contributed by atoms with Gasteiger partial charge in [0.15, 0.2) is 0 Å². The van der Waals surface area contributed by atoms with Crippen molar-refractivity contribution in [1.29, 1.82) is 0 Å². The summed E-state index contributed by atoms with van der Waals surface area (Å²) in [6.07, 6.45) is 5.84. The SMILES string of the molecule is CCC1CCN(C)C2CCC12. The van der Waals surface area contributed by atoms with Crippen LogP contribution in [0.4, 0.5) is 0 Å². The highest BCUT2D eigenvalue weighted by atomic mass is 15.2. The Hall–Kier alpha value is -0.0400. The van der Waals surface area contributed by atoms with Crippen LogP contribution in [0.1, 0.15) is 32.6 Å². The average molecular weight is 153 g/mol. The van der Waals surface area contributed by atoms with Gasteiger partial charge in [-0.1, -0.05) is 13.3 Å². The smallest absolute Gasteiger partial charge is 0.0123 e. The molecule has 64 valence electrons. The minimum absolute atomic E-state index is 0.966. The van der Waals surface area contributed by atoms with Gasteiger partial charge in [0.05, 0.1) is 0 Å². The van der Waals surface area contributed by atoms with E-state index < -0.39 is 0 Å². The first-order chi connectivity index (χ1) is 5.33. The Morgan fingerprint density at radius 2 is 2.09 bits per heavy atom. The van der Waals surface area contributed by atoms with Crippen molar-refractivity contribution >= 4 is 0 Å². The number of fused-ring (bicyclic) bond motifs is 1. The van der Waals surface area contributed by atoms with Crippen molar-refractivity contribution in [2.75, 3.05) is 13.6 Å². The highest BCUT2D eigenvalue weighted by Crippen LogP contribution is 2.43. The Bertz CT molecular complexity index is 140. The third-order valence-electron chi connectivity index (χ3n) is 3.84. The molecule has 0 spiro atoms. The maximum atomic E-state index is 2.57. The summed E-state index contributed by atoms with van der Waals surface area (Å²) in [5.74, 6) is 2.13. The monoisotopic (exact) mass is 153 g/mol. The van der Waals surface area contributed by atoms with Crippen molar-refractivity contribution in [1.82, 2.24) is 4.90 Å². The van der Waals surface area contributed by atoms with Gasteiger partial charge in [-0.25, -0.2) is 0 Å². The molecule has 1 heteroatoms. The van der Waals surface area contributed by atoms with Crippen LogP contribution in [0.15, 0.2) is 0 Å². The molecule has 3 unspecified atom stereocenters. The molecule has 0 N–H and O–H groups in total. The molecular weight excluding hydrogens is 134 g/mol. The van der Waals surface area contributed by atoms with Crippen LogP contribution in [-0.2, 0) is 0 Å². The maximum absolute atomic E-state index is 2.57. The number of rotatable bonds is 1. The van der Waals surface area contributed by atoms with Gasteiger partial charge in [0.2, 0.25) is 0 Å². The summed E-state index contributed by atoms with van der Waals surface area (Å²) >= 11 is 0. The average Bonchev–Trinajstić information content (AvgIpc) is 1.93. The van der Waals surface area contributed by atoms with E-state index in [1.54, 1.807) is 0 Å².